The van der Waals surface area contributed by atoms with Crippen LogP contribution in [0, 0.1) is 11.7 Å². The first-order valence-electron chi connectivity index (χ1n) is 6.35. The van der Waals surface area contributed by atoms with Gasteiger partial charge in [0.05, 0.1) is 23.7 Å². The van der Waals surface area contributed by atoms with Crippen molar-refractivity contribution in [2.24, 2.45) is 5.92 Å². The minimum Gasteiger partial charge on any atom is -0.481 e. The number of aliphatic carboxylic acids is 1. The van der Waals surface area contributed by atoms with Gasteiger partial charge in [-0.25, -0.2) is 4.39 Å². The van der Waals surface area contributed by atoms with Crippen molar-refractivity contribution in [1.29, 1.82) is 0 Å². The Morgan fingerprint density at radius 1 is 1.37 bits per heavy atom. The molecule has 104 valence electrons. The molecule has 0 spiro atoms. The van der Waals surface area contributed by atoms with E-state index < -0.39 is 11.8 Å². The number of ether oxygens (including phenoxy) is 1. The fraction of sp³-hybridized carbons (Fsp3) is 0.500. The maximum atomic E-state index is 13.6. The van der Waals surface area contributed by atoms with Gasteiger partial charge in [-0.15, -0.1) is 0 Å². The topological polar surface area (TPSA) is 46.5 Å². The quantitative estimate of drug-likeness (QED) is 0.919. The predicted octanol–water partition coefficient (Wildman–Crippen LogP) is 3.64. The molecule has 0 amide bonds. The van der Waals surface area contributed by atoms with Crippen molar-refractivity contribution in [2.45, 2.75) is 38.4 Å². The van der Waals surface area contributed by atoms with E-state index in [1.807, 2.05) is 0 Å². The number of carbonyl (C=O) groups is 1. The van der Waals surface area contributed by atoms with E-state index in [9.17, 15) is 9.18 Å². The van der Waals surface area contributed by atoms with Crippen LogP contribution in [-0.4, -0.2) is 17.2 Å². The molecule has 1 fully saturated rings. The molecular formula is C14H16ClFO3. The van der Waals surface area contributed by atoms with E-state index in [1.165, 1.54) is 6.07 Å². The zero-order valence-electron chi connectivity index (χ0n) is 10.4. The van der Waals surface area contributed by atoms with Crippen LogP contribution in [0.4, 0.5) is 4.39 Å². The first kappa shape index (κ1) is 14.3. The Morgan fingerprint density at radius 2 is 2.05 bits per heavy atom. The number of benzene rings is 1. The molecule has 1 saturated carbocycles. The molecule has 0 aromatic heterocycles. The monoisotopic (exact) mass is 286 g/mol. The van der Waals surface area contributed by atoms with E-state index in [1.54, 1.807) is 12.1 Å². The van der Waals surface area contributed by atoms with Crippen molar-refractivity contribution in [3.8, 4) is 0 Å². The molecule has 1 aromatic carbocycles. The van der Waals surface area contributed by atoms with Crippen molar-refractivity contribution in [3.63, 3.8) is 0 Å². The summed E-state index contributed by atoms with van der Waals surface area (Å²) in [5.41, 5.74) is 0.438. The summed E-state index contributed by atoms with van der Waals surface area (Å²) in [6.07, 6.45) is 2.67. The van der Waals surface area contributed by atoms with Gasteiger partial charge in [0, 0.05) is 5.56 Å². The fourth-order valence-electron chi connectivity index (χ4n) is 2.34. The summed E-state index contributed by atoms with van der Waals surface area (Å²) in [5, 5.41) is 8.99. The van der Waals surface area contributed by atoms with E-state index in [-0.39, 0.29) is 23.7 Å². The molecule has 0 atom stereocenters. The van der Waals surface area contributed by atoms with Crippen molar-refractivity contribution < 1.29 is 19.0 Å². The number of hydrogen-bond donors (Lipinski definition) is 1. The van der Waals surface area contributed by atoms with Gasteiger partial charge in [0.15, 0.2) is 0 Å². The normalized spacial score (nSPS) is 23.3. The van der Waals surface area contributed by atoms with Gasteiger partial charge in [0.2, 0.25) is 0 Å². The van der Waals surface area contributed by atoms with E-state index in [0.29, 0.717) is 31.2 Å². The highest BCUT2D eigenvalue weighted by molar-refractivity contribution is 6.30. The van der Waals surface area contributed by atoms with Crippen LogP contribution >= 0.6 is 11.6 Å². The zero-order valence-corrected chi connectivity index (χ0v) is 11.2. The number of hydrogen-bond acceptors (Lipinski definition) is 2. The van der Waals surface area contributed by atoms with Crippen LogP contribution in [0.5, 0.6) is 0 Å². The van der Waals surface area contributed by atoms with Gasteiger partial charge in [0.25, 0.3) is 0 Å². The molecule has 19 heavy (non-hydrogen) atoms. The van der Waals surface area contributed by atoms with Crippen molar-refractivity contribution >= 4 is 17.6 Å². The summed E-state index contributed by atoms with van der Waals surface area (Å²) in [6.45, 7) is 0.175. The van der Waals surface area contributed by atoms with Crippen molar-refractivity contribution in [2.75, 3.05) is 0 Å². The minimum absolute atomic E-state index is 0.00832. The molecule has 2 rings (SSSR count). The van der Waals surface area contributed by atoms with Gasteiger partial charge in [0.1, 0.15) is 5.82 Å². The molecule has 0 radical (unpaired) electrons. The maximum absolute atomic E-state index is 13.6. The molecule has 3 nitrogen and oxygen atoms in total. The van der Waals surface area contributed by atoms with Crippen LogP contribution in [0.25, 0.3) is 0 Å². The molecule has 1 N–H and O–H groups in total. The largest absolute Gasteiger partial charge is 0.481 e. The summed E-state index contributed by atoms with van der Waals surface area (Å²) in [4.78, 5) is 10.8. The van der Waals surface area contributed by atoms with Crippen molar-refractivity contribution in [1.82, 2.24) is 0 Å². The molecule has 0 heterocycles. The second-order valence-corrected chi connectivity index (χ2v) is 5.24. The van der Waals surface area contributed by atoms with E-state index in [4.69, 9.17) is 21.4 Å². The van der Waals surface area contributed by atoms with E-state index >= 15 is 0 Å². The molecule has 1 aromatic rings. The van der Waals surface area contributed by atoms with Crippen LogP contribution in [0.2, 0.25) is 5.02 Å². The molecule has 0 bridgehead atoms. The summed E-state index contributed by atoms with van der Waals surface area (Å²) in [7, 11) is 0. The Labute approximate surface area is 116 Å². The van der Waals surface area contributed by atoms with Crippen LogP contribution in [0.3, 0.4) is 0 Å². The Kier molecular flexibility index (Phi) is 4.77. The van der Waals surface area contributed by atoms with Gasteiger partial charge in [-0.05, 0) is 31.7 Å². The third-order valence-electron chi connectivity index (χ3n) is 3.53. The molecule has 5 heteroatoms. The van der Waals surface area contributed by atoms with Gasteiger partial charge in [-0.2, -0.15) is 0 Å². The Bertz CT molecular complexity index is 456. The maximum Gasteiger partial charge on any atom is 0.306 e. The Balaban J connectivity index is 1.84. The molecule has 0 unspecified atom stereocenters. The van der Waals surface area contributed by atoms with E-state index in [2.05, 4.69) is 0 Å². The van der Waals surface area contributed by atoms with Crippen LogP contribution in [0.15, 0.2) is 18.2 Å². The third kappa shape index (κ3) is 3.67. The zero-order chi connectivity index (χ0) is 13.8. The lowest BCUT2D eigenvalue weighted by Crippen LogP contribution is -2.26. The SMILES string of the molecule is O=C(O)C1CCC(OCc2cccc(Cl)c2F)CC1. The van der Waals surface area contributed by atoms with Crippen LogP contribution in [-0.2, 0) is 16.1 Å². The second-order valence-electron chi connectivity index (χ2n) is 4.84. The first-order chi connectivity index (χ1) is 9.08. The first-order valence-corrected chi connectivity index (χ1v) is 6.73. The Morgan fingerprint density at radius 3 is 2.68 bits per heavy atom. The number of halogens is 2. The van der Waals surface area contributed by atoms with Gasteiger partial charge < -0.3 is 9.84 Å². The van der Waals surface area contributed by atoms with Gasteiger partial charge in [-0.1, -0.05) is 23.7 Å². The summed E-state index contributed by atoms with van der Waals surface area (Å²) in [5.74, 6) is -1.44. The summed E-state index contributed by atoms with van der Waals surface area (Å²) >= 11 is 5.69. The minimum atomic E-state index is -0.737. The highest BCUT2D eigenvalue weighted by Gasteiger charge is 2.26. The second kappa shape index (κ2) is 6.35. The average Bonchev–Trinajstić information content (AvgIpc) is 2.41. The predicted molar refractivity (Wildman–Crippen MR) is 69.6 cm³/mol. The number of carboxylic acid groups (broad SMARTS) is 1. The highest BCUT2D eigenvalue weighted by atomic mass is 35.5. The standard InChI is InChI=1S/C14H16ClFO3/c15-12-3-1-2-10(13(12)16)8-19-11-6-4-9(5-7-11)14(17)18/h1-3,9,11H,4-8H2,(H,17,18). The van der Waals surface area contributed by atoms with Gasteiger partial charge >= 0.3 is 5.97 Å². The summed E-state index contributed by atoms with van der Waals surface area (Å²) < 4.78 is 19.3. The molecule has 1 aliphatic rings. The summed E-state index contributed by atoms with van der Waals surface area (Å²) in [6, 6.07) is 4.83. The van der Waals surface area contributed by atoms with Crippen LogP contribution in [0.1, 0.15) is 31.2 Å². The highest BCUT2D eigenvalue weighted by Crippen LogP contribution is 2.27. The fourth-order valence-corrected chi connectivity index (χ4v) is 2.54. The lowest BCUT2D eigenvalue weighted by atomic mass is 9.87. The lowest BCUT2D eigenvalue weighted by Gasteiger charge is -2.26. The molecular weight excluding hydrogens is 271 g/mol. The van der Waals surface area contributed by atoms with Crippen molar-refractivity contribution in [3.05, 3.63) is 34.6 Å². The average molecular weight is 287 g/mol. The number of rotatable bonds is 4. The smallest absolute Gasteiger partial charge is 0.306 e. The van der Waals surface area contributed by atoms with E-state index in [0.717, 1.165) is 0 Å². The molecule has 0 aliphatic heterocycles. The van der Waals surface area contributed by atoms with Crippen LogP contribution < -0.4 is 0 Å². The Hall–Kier alpha value is -1.13. The number of carboxylic acids is 1. The van der Waals surface area contributed by atoms with Gasteiger partial charge in [-0.3, -0.25) is 4.79 Å². The molecule has 0 saturated heterocycles. The lowest BCUT2D eigenvalue weighted by molar-refractivity contribution is -0.143. The third-order valence-corrected chi connectivity index (χ3v) is 3.82. The molecule has 1 aliphatic carbocycles.